The molecule has 0 spiro atoms. The smallest absolute Gasteiger partial charge is 0.402 e. The summed E-state index contributed by atoms with van der Waals surface area (Å²) in [4.78, 5) is 0. The van der Waals surface area contributed by atoms with Crippen molar-refractivity contribution in [3.63, 3.8) is 0 Å². The molecule has 2 rings (SSSR count). The lowest BCUT2D eigenvalue weighted by atomic mass is 9.75. The van der Waals surface area contributed by atoms with Gasteiger partial charge in [-0.05, 0) is 45.4 Å². The van der Waals surface area contributed by atoms with Crippen LogP contribution >= 0.6 is 23.2 Å². The Bertz CT molecular complexity index is 478. The minimum Gasteiger partial charge on any atom is -0.402 e. The Kier molecular flexibility index (Phi) is 3.93. The molecule has 3 nitrogen and oxygen atoms in total. The summed E-state index contributed by atoms with van der Waals surface area (Å²) in [5.74, 6) is -0.453. The first-order chi connectivity index (χ1) is 8.64. The average molecular weight is 302 g/mol. The van der Waals surface area contributed by atoms with Crippen LogP contribution in [0.4, 0.5) is 0 Å². The predicted octanol–water partition coefficient (Wildman–Crippen LogP) is 3.62. The molecule has 2 N–H and O–H groups in total. The zero-order valence-corrected chi connectivity index (χ0v) is 13.0. The third kappa shape index (κ3) is 2.78. The molecule has 6 heteroatoms. The monoisotopic (exact) mass is 301 g/mol. The molecule has 0 unspecified atom stereocenters. The van der Waals surface area contributed by atoms with Gasteiger partial charge < -0.3 is 15.0 Å². The van der Waals surface area contributed by atoms with Crippen LogP contribution in [-0.2, 0) is 9.31 Å². The van der Waals surface area contributed by atoms with E-state index in [9.17, 15) is 0 Å². The highest BCUT2D eigenvalue weighted by molar-refractivity contribution is 6.48. The van der Waals surface area contributed by atoms with Crippen LogP contribution in [-0.4, -0.2) is 18.3 Å². The minimum atomic E-state index is -0.524. The number of halogens is 2. The molecule has 0 radical (unpaired) electrons. The maximum absolute atomic E-state index is 6.22. The molecular formula is C13H18BCl2NO2. The summed E-state index contributed by atoms with van der Waals surface area (Å²) < 4.78 is 11.9. The maximum atomic E-state index is 6.22. The van der Waals surface area contributed by atoms with Crippen molar-refractivity contribution in [2.45, 2.75) is 44.8 Å². The van der Waals surface area contributed by atoms with E-state index >= 15 is 0 Å². The fraction of sp³-hybridized carbons (Fsp3) is 0.538. The molecule has 0 saturated carbocycles. The highest BCUT2D eigenvalue weighted by atomic mass is 35.5. The van der Waals surface area contributed by atoms with Gasteiger partial charge in [-0.3, -0.25) is 0 Å². The van der Waals surface area contributed by atoms with Gasteiger partial charge >= 0.3 is 7.12 Å². The van der Waals surface area contributed by atoms with Crippen molar-refractivity contribution in [1.29, 1.82) is 0 Å². The van der Waals surface area contributed by atoms with Gasteiger partial charge in [0.1, 0.15) is 0 Å². The van der Waals surface area contributed by atoms with E-state index in [0.29, 0.717) is 10.0 Å². The van der Waals surface area contributed by atoms with Gasteiger partial charge in [0.15, 0.2) is 0 Å². The van der Waals surface area contributed by atoms with Gasteiger partial charge in [0, 0.05) is 10.0 Å². The lowest BCUT2D eigenvalue weighted by molar-refractivity contribution is 0.00578. The Balaban J connectivity index is 2.24. The molecule has 0 amide bonds. The van der Waals surface area contributed by atoms with E-state index in [4.69, 9.17) is 38.2 Å². The van der Waals surface area contributed by atoms with Gasteiger partial charge in [-0.25, -0.2) is 0 Å². The molecule has 0 aromatic heterocycles. The standard InChI is InChI=1S/C13H18BCl2NO2/c1-12(2)13(3,4)19-14(18-12)11(17)9-6-5-8(15)7-10(9)16/h5-7,11H,17H2,1-4H3/t11-/m1/s1. The third-order valence-corrected chi connectivity index (χ3v) is 4.45. The van der Waals surface area contributed by atoms with Crippen LogP contribution in [0.15, 0.2) is 18.2 Å². The summed E-state index contributed by atoms with van der Waals surface area (Å²) in [6.45, 7) is 7.96. The lowest BCUT2D eigenvalue weighted by Gasteiger charge is -2.32. The molecule has 1 atom stereocenters. The van der Waals surface area contributed by atoms with Crippen molar-refractivity contribution in [2.75, 3.05) is 0 Å². The first-order valence-electron chi connectivity index (χ1n) is 6.20. The predicted molar refractivity (Wildman–Crippen MR) is 79.5 cm³/mol. The second-order valence-electron chi connectivity index (χ2n) is 5.82. The van der Waals surface area contributed by atoms with Crippen molar-refractivity contribution in [2.24, 2.45) is 5.73 Å². The molecule has 0 aliphatic carbocycles. The molecule has 1 aliphatic rings. The molecule has 0 bridgehead atoms. The van der Waals surface area contributed by atoms with Crippen LogP contribution in [0.3, 0.4) is 0 Å². The summed E-state index contributed by atoms with van der Waals surface area (Å²) in [7, 11) is -0.524. The van der Waals surface area contributed by atoms with Gasteiger partial charge in [-0.2, -0.15) is 0 Å². The molecular weight excluding hydrogens is 284 g/mol. The second-order valence-corrected chi connectivity index (χ2v) is 6.66. The number of rotatable bonds is 2. The van der Waals surface area contributed by atoms with E-state index in [1.807, 2.05) is 27.7 Å². The van der Waals surface area contributed by atoms with E-state index in [1.54, 1.807) is 18.2 Å². The number of hydrogen-bond donors (Lipinski definition) is 1. The lowest BCUT2D eigenvalue weighted by Crippen LogP contribution is -2.41. The van der Waals surface area contributed by atoms with E-state index in [1.165, 1.54) is 0 Å². The highest BCUT2D eigenvalue weighted by Gasteiger charge is 2.53. The van der Waals surface area contributed by atoms with Crippen molar-refractivity contribution >= 4 is 30.3 Å². The molecule has 1 aromatic rings. The molecule has 19 heavy (non-hydrogen) atoms. The normalized spacial score (nSPS) is 22.6. The van der Waals surface area contributed by atoms with Crippen molar-refractivity contribution in [1.82, 2.24) is 0 Å². The Labute approximate surface area is 124 Å². The first kappa shape index (κ1) is 15.1. The van der Waals surface area contributed by atoms with Crippen LogP contribution in [0.25, 0.3) is 0 Å². The van der Waals surface area contributed by atoms with Crippen LogP contribution < -0.4 is 5.73 Å². The number of benzene rings is 1. The molecule has 1 aromatic carbocycles. The van der Waals surface area contributed by atoms with Gasteiger partial charge in [0.05, 0.1) is 17.1 Å². The Hall–Kier alpha value is -0.255. The first-order valence-corrected chi connectivity index (χ1v) is 6.96. The number of nitrogens with two attached hydrogens (primary N) is 1. The van der Waals surface area contributed by atoms with Gasteiger partial charge in [-0.15, -0.1) is 0 Å². The summed E-state index contributed by atoms with van der Waals surface area (Å²) in [5.41, 5.74) is 6.17. The average Bonchev–Trinajstić information content (AvgIpc) is 2.47. The van der Waals surface area contributed by atoms with Crippen LogP contribution in [0, 0.1) is 0 Å². The zero-order chi connectivity index (χ0) is 14.4. The van der Waals surface area contributed by atoms with Crippen LogP contribution in [0.5, 0.6) is 0 Å². The summed E-state index contributed by atoms with van der Waals surface area (Å²) in [6, 6.07) is 5.23. The Morgan fingerprint density at radius 2 is 1.63 bits per heavy atom. The Morgan fingerprint density at radius 3 is 2.11 bits per heavy atom. The summed E-state index contributed by atoms with van der Waals surface area (Å²) in [6.07, 6.45) is 0. The van der Waals surface area contributed by atoms with Gasteiger partial charge in [0.2, 0.25) is 0 Å². The topological polar surface area (TPSA) is 44.5 Å². The van der Waals surface area contributed by atoms with Gasteiger partial charge in [0.25, 0.3) is 0 Å². The number of hydrogen-bond acceptors (Lipinski definition) is 3. The van der Waals surface area contributed by atoms with Crippen molar-refractivity contribution < 1.29 is 9.31 Å². The summed E-state index contributed by atoms with van der Waals surface area (Å²) >= 11 is 12.1. The molecule has 1 aliphatic heterocycles. The largest absolute Gasteiger partial charge is 0.480 e. The highest BCUT2D eigenvalue weighted by Crippen LogP contribution is 2.40. The van der Waals surface area contributed by atoms with Crippen molar-refractivity contribution in [3.05, 3.63) is 33.8 Å². The third-order valence-electron chi connectivity index (χ3n) is 3.89. The van der Waals surface area contributed by atoms with E-state index < -0.39 is 24.3 Å². The molecule has 1 heterocycles. The SMILES string of the molecule is CC1(C)OB([C@H](N)c2ccc(Cl)cc2Cl)OC1(C)C. The van der Waals surface area contributed by atoms with Crippen LogP contribution in [0.1, 0.15) is 39.2 Å². The maximum Gasteiger partial charge on any atom is 0.480 e. The molecule has 1 saturated heterocycles. The minimum absolute atomic E-state index is 0.409. The summed E-state index contributed by atoms with van der Waals surface area (Å²) in [5, 5.41) is 1.10. The second kappa shape index (κ2) is 4.94. The zero-order valence-electron chi connectivity index (χ0n) is 11.5. The Morgan fingerprint density at radius 1 is 1.11 bits per heavy atom. The van der Waals surface area contributed by atoms with Crippen LogP contribution in [0.2, 0.25) is 10.0 Å². The fourth-order valence-corrected chi connectivity index (χ4v) is 2.49. The van der Waals surface area contributed by atoms with E-state index in [0.717, 1.165) is 5.56 Å². The van der Waals surface area contributed by atoms with Crippen molar-refractivity contribution in [3.8, 4) is 0 Å². The molecule has 104 valence electrons. The molecule has 1 fully saturated rings. The van der Waals surface area contributed by atoms with E-state index in [2.05, 4.69) is 0 Å². The quantitative estimate of drug-likeness (QED) is 0.849. The van der Waals surface area contributed by atoms with Gasteiger partial charge in [-0.1, -0.05) is 29.3 Å². The van der Waals surface area contributed by atoms with E-state index in [-0.39, 0.29) is 0 Å². The fourth-order valence-electron chi connectivity index (χ4n) is 1.95.